The average molecular weight is 415 g/mol. The summed E-state index contributed by atoms with van der Waals surface area (Å²) in [7, 11) is 1.57. The molecular formula is C24H19N2O5-. The van der Waals surface area contributed by atoms with Crippen LogP contribution in [0.15, 0.2) is 78.9 Å². The molecule has 0 aromatic heterocycles. The van der Waals surface area contributed by atoms with E-state index in [4.69, 9.17) is 4.74 Å². The van der Waals surface area contributed by atoms with E-state index in [1.54, 1.807) is 49.6 Å². The summed E-state index contributed by atoms with van der Waals surface area (Å²) in [5, 5.41) is 23.2. The minimum atomic E-state index is -1.44. The molecule has 0 saturated heterocycles. The van der Waals surface area contributed by atoms with Crippen LogP contribution in [0.1, 0.15) is 37.9 Å². The molecule has 0 spiro atoms. The number of hydrogen-bond donors (Lipinski definition) is 2. The van der Waals surface area contributed by atoms with Crippen LogP contribution < -0.4 is 15.3 Å². The number of carboxylic acid groups (broad SMARTS) is 1. The number of nitrogens with one attached hydrogen (secondary N) is 1. The summed E-state index contributed by atoms with van der Waals surface area (Å²) in [5.74, 6) is -1.29. The molecule has 0 aliphatic carbocycles. The molecule has 156 valence electrons. The number of phenolic OH excluding ortho intramolecular Hbond substituents is 1. The summed E-state index contributed by atoms with van der Waals surface area (Å²) in [6.45, 7) is 0. The van der Waals surface area contributed by atoms with E-state index in [2.05, 4.69) is 5.43 Å². The maximum atomic E-state index is 13.4. The molecule has 1 heterocycles. The van der Waals surface area contributed by atoms with Crippen LogP contribution in [-0.4, -0.2) is 29.1 Å². The summed E-state index contributed by atoms with van der Waals surface area (Å²) in [4.78, 5) is 24.9. The Morgan fingerprint density at radius 1 is 0.968 bits per heavy atom. The zero-order valence-corrected chi connectivity index (χ0v) is 16.6. The van der Waals surface area contributed by atoms with Crippen molar-refractivity contribution in [3.05, 3.63) is 101 Å². The maximum absolute atomic E-state index is 13.4. The highest BCUT2D eigenvalue weighted by molar-refractivity contribution is 6.04. The van der Waals surface area contributed by atoms with Crippen LogP contribution in [0.3, 0.4) is 0 Å². The Hall–Kier alpha value is -4.26. The predicted molar refractivity (Wildman–Crippen MR) is 112 cm³/mol. The first-order valence-corrected chi connectivity index (χ1v) is 9.54. The SMILES string of the molecule is COc1ccc(C2=C[C@H](c3ccccc3O)N(C(=O)c3ccccc3C(=O)[O-])N2)cc1. The first-order valence-electron chi connectivity index (χ1n) is 9.54. The molecule has 7 heteroatoms. The Labute approximate surface area is 178 Å². The fourth-order valence-corrected chi connectivity index (χ4v) is 3.52. The van der Waals surface area contributed by atoms with Crippen LogP contribution in [0.5, 0.6) is 11.5 Å². The Bertz CT molecular complexity index is 1170. The molecule has 2 N–H and O–H groups in total. The Morgan fingerprint density at radius 2 is 1.61 bits per heavy atom. The van der Waals surface area contributed by atoms with E-state index in [1.165, 1.54) is 29.3 Å². The van der Waals surface area contributed by atoms with Gasteiger partial charge in [-0.05, 0) is 48.0 Å². The maximum Gasteiger partial charge on any atom is 0.273 e. The number of benzene rings is 3. The van der Waals surface area contributed by atoms with Gasteiger partial charge in [0.25, 0.3) is 5.91 Å². The molecule has 0 unspecified atom stereocenters. The Morgan fingerprint density at radius 3 is 2.26 bits per heavy atom. The molecule has 0 fully saturated rings. The van der Waals surface area contributed by atoms with Crippen molar-refractivity contribution in [3.63, 3.8) is 0 Å². The number of methoxy groups -OCH3 is 1. The standard InChI is InChI=1S/C24H20N2O5/c1-31-16-12-10-15(11-13-16)20-14-21(19-8-4-5-9-22(19)27)26(25-20)23(28)17-6-2-3-7-18(17)24(29)30/h2-14,21,25,27H,1H3,(H,29,30)/p-1/t21-/m1/s1. The predicted octanol–water partition coefficient (Wildman–Crippen LogP) is 2.51. The summed E-state index contributed by atoms with van der Waals surface area (Å²) in [6, 6.07) is 19.2. The molecule has 0 bridgehead atoms. The molecule has 31 heavy (non-hydrogen) atoms. The number of amides is 1. The number of ether oxygens (including phenoxy) is 1. The van der Waals surface area contributed by atoms with E-state index in [0.29, 0.717) is 17.0 Å². The fourth-order valence-electron chi connectivity index (χ4n) is 3.52. The van der Waals surface area contributed by atoms with Gasteiger partial charge in [0.1, 0.15) is 17.5 Å². The highest BCUT2D eigenvalue weighted by Gasteiger charge is 2.33. The van der Waals surface area contributed by atoms with E-state index < -0.39 is 17.9 Å². The van der Waals surface area contributed by atoms with E-state index in [0.717, 1.165) is 5.56 Å². The summed E-state index contributed by atoms with van der Waals surface area (Å²) >= 11 is 0. The number of hydrazine groups is 1. The van der Waals surface area contributed by atoms with Gasteiger partial charge in [-0.1, -0.05) is 36.4 Å². The molecule has 3 aromatic carbocycles. The third kappa shape index (κ3) is 3.81. The average Bonchev–Trinajstić information content (AvgIpc) is 3.24. The van der Waals surface area contributed by atoms with Gasteiger partial charge in [0.15, 0.2) is 0 Å². The largest absolute Gasteiger partial charge is 0.545 e. The lowest BCUT2D eigenvalue weighted by molar-refractivity contribution is -0.255. The summed E-state index contributed by atoms with van der Waals surface area (Å²) in [5.41, 5.74) is 4.77. The number of aromatic hydroxyl groups is 1. The molecule has 1 aliphatic rings. The summed E-state index contributed by atoms with van der Waals surface area (Å²) < 4.78 is 5.19. The van der Waals surface area contributed by atoms with Crippen LogP contribution in [0.2, 0.25) is 0 Å². The van der Waals surface area contributed by atoms with E-state index >= 15 is 0 Å². The topological polar surface area (TPSA) is 102 Å². The Kier molecular flexibility index (Phi) is 5.32. The van der Waals surface area contributed by atoms with Gasteiger partial charge in [-0.3, -0.25) is 10.2 Å². The number of carbonyl (C=O) groups is 2. The third-order valence-electron chi connectivity index (χ3n) is 5.10. The quantitative estimate of drug-likeness (QED) is 0.664. The molecule has 4 rings (SSSR count). The third-order valence-corrected chi connectivity index (χ3v) is 5.10. The summed E-state index contributed by atoms with van der Waals surface area (Å²) in [6.07, 6.45) is 1.80. The van der Waals surface area contributed by atoms with Gasteiger partial charge in [0.2, 0.25) is 0 Å². The van der Waals surface area contributed by atoms with E-state index in [-0.39, 0.29) is 16.9 Å². The highest BCUT2D eigenvalue weighted by Crippen LogP contribution is 2.36. The van der Waals surface area contributed by atoms with Gasteiger partial charge in [-0.2, -0.15) is 0 Å². The molecular weight excluding hydrogens is 396 g/mol. The zero-order chi connectivity index (χ0) is 22.0. The van der Waals surface area contributed by atoms with Crippen LogP contribution in [0, 0.1) is 0 Å². The number of hydrogen-bond acceptors (Lipinski definition) is 6. The molecule has 1 aliphatic heterocycles. The van der Waals surface area contributed by atoms with E-state index in [9.17, 15) is 19.8 Å². The van der Waals surface area contributed by atoms with Gasteiger partial charge >= 0.3 is 0 Å². The molecule has 1 amide bonds. The van der Waals surface area contributed by atoms with Gasteiger partial charge in [-0.15, -0.1) is 0 Å². The minimum Gasteiger partial charge on any atom is -0.545 e. The van der Waals surface area contributed by atoms with Crippen molar-refractivity contribution >= 4 is 17.6 Å². The van der Waals surface area contributed by atoms with Crippen molar-refractivity contribution in [1.29, 1.82) is 0 Å². The van der Waals surface area contributed by atoms with Gasteiger partial charge < -0.3 is 19.7 Å². The molecule has 7 nitrogen and oxygen atoms in total. The number of carboxylic acids is 1. The number of carbonyl (C=O) groups excluding carboxylic acids is 2. The number of nitrogens with zero attached hydrogens (tertiary/aromatic N) is 1. The molecule has 0 radical (unpaired) electrons. The number of para-hydroxylation sites is 1. The number of rotatable bonds is 5. The normalized spacial score (nSPS) is 15.2. The second-order valence-electron chi connectivity index (χ2n) is 6.93. The molecule has 1 atom stereocenters. The number of phenols is 1. The van der Waals surface area contributed by atoms with Gasteiger partial charge in [0.05, 0.1) is 24.3 Å². The van der Waals surface area contributed by atoms with Crippen LogP contribution >= 0.6 is 0 Å². The molecule has 0 saturated carbocycles. The lowest BCUT2D eigenvalue weighted by Gasteiger charge is -2.27. The number of aromatic carboxylic acids is 1. The van der Waals surface area contributed by atoms with Crippen molar-refractivity contribution in [1.82, 2.24) is 10.4 Å². The van der Waals surface area contributed by atoms with Crippen molar-refractivity contribution in [2.45, 2.75) is 6.04 Å². The van der Waals surface area contributed by atoms with Crippen LogP contribution in [0.25, 0.3) is 5.70 Å². The minimum absolute atomic E-state index is 0.0141. The van der Waals surface area contributed by atoms with Crippen molar-refractivity contribution in [2.24, 2.45) is 0 Å². The first-order chi connectivity index (χ1) is 15.0. The van der Waals surface area contributed by atoms with Crippen molar-refractivity contribution < 1.29 is 24.5 Å². The van der Waals surface area contributed by atoms with Crippen molar-refractivity contribution in [3.8, 4) is 11.5 Å². The second-order valence-corrected chi connectivity index (χ2v) is 6.93. The van der Waals surface area contributed by atoms with Crippen LogP contribution in [-0.2, 0) is 0 Å². The fraction of sp³-hybridized carbons (Fsp3) is 0.0833. The zero-order valence-electron chi connectivity index (χ0n) is 16.6. The van der Waals surface area contributed by atoms with E-state index in [1.807, 2.05) is 12.1 Å². The first kappa shape index (κ1) is 20.0. The van der Waals surface area contributed by atoms with Gasteiger partial charge in [-0.25, -0.2) is 5.01 Å². The smallest absolute Gasteiger partial charge is 0.273 e. The monoisotopic (exact) mass is 415 g/mol. The van der Waals surface area contributed by atoms with Crippen molar-refractivity contribution in [2.75, 3.05) is 7.11 Å². The van der Waals surface area contributed by atoms with Crippen LogP contribution in [0.4, 0.5) is 0 Å². The molecule has 3 aromatic rings. The highest BCUT2D eigenvalue weighted by atomic mass is 16.5. The lowest BCUT2D eigenvalue weighted by Crippen LogP contribution is -2.40. The second kappa shape index (κ2) is 8.23. The van der Waals surface area contributed by atoms with Gasteiger partial charge in [0, 0.05) is 11.1 Å². The Balaban J connectivity index is 1.77. The lowest BCUT2D eigenvalue weighted by atomic mass is 10.0.